The minimum Gasteiger partial charge on any atom is -0.0856 e. The third kappa shape index (κ3) is 6.75. The molecule has 0 aliphatic carbocycles. The van der Waals surface area contributed by atoms with E-state index in [0.29, 0.717) is 5.92 Å². The molecule has 1 atom stereocenters. The van der Waals surface area contributed by atoms with Crippen molar-refractivity contribution in [2.45, 2.75) is 66.2 Å². The second-order valence-corrected chi connectivity index (χ2v) is 6.26. The Morgan fingerprint density at radius 2 is 1.65 bits per heavy atom. The summed E-state index contributed by atoms with van der Waals surface area (Å²) in [7, 11) is 0. The third-order valence-corrected chi connectivity index (χ3v) is 3.83. The van der Waals surface area contributed by atoms with Crippen LogP contribution in [0.5, 0.6) is 0 Å². The molecule has 0 saturated heterocycles. The standard InChI is InChI=1S/C20H30/c1-16(2)8-6-9-17(3)10-7-11-19(5)20-14-12-18(4)13-15-20/h8,10,12-15,19H,6-7,9,11H2,1-5H3/t19-/m1/s1. The van der Waals surface area contributed by atoms with E-state index in [1.165, 1.54) is 48.0 Å². The average molecular weight is 270 g/mol. The molecule has 0 aliphatic heterocycles. The van der Waals surface area contributed by atoms with Gasteiger partial charge in [-0.25, -0.2) is 0 Å². The fourth-order valence-electron chi connectivity index (χ4n) is 2.33. The van der Waals surface area contributed by atoms with Gasteiger partial charge >= 0.3 is 0 Å². The van der Waals surface area contributed by atoms with Crippen molar-refractivity contribution < 1.29 is 0 Å². The highest BCUT2D eigenvalue weighted by atomic mass is 14.1. The van der Waals surface area contributed by atoms with Gasteiger partial charge in [0.1, 0.15) is 0 Å². The van der Waals surface area contributed by atoms with Crippen LogP contribution in [0.15, 0.2) is 47.6 Å². The Bertz CT molecular complexity index is 441. The molecule has 0 aliphatic rings. The molecule has 20 heavy (non-hydrogen) atoms. The largest absolute Gasteiger partial charge is 0.0856 e. The van der Waals surface area contributed by atoms with E-state index in [1.54, 1.807) is 0 Å². The van der Waals surface area contributed by atoms with Gasteiger partial charge in [-0.3, -0.25) is 0 Å². The average Bonchev–Trinajstić information content (AvgIpc) is 2.39. The number of hydrogen-bond donors (Lipinski definition) is 0. The number of hydrogen-bond acceptors (Lipinski definition) is 0. The lowest BCUT2D eigenvalue weighted by Crippen LogP contribution is -1.93. The molecule has 0 spiro atoms. The number of rotatable bonds is 7. The lowest BCUT2D eigenvalue weighted by Gasteiger charge is -2.11. The first-order valence-corrected chi connectivity index (χ1v) is 7.84. The topological polar surface area (TPSA) is 0 Å². The molecule has 0 heteroatoms. The van der Waals surface area contributed by atoms with E-state index in [9.17, 15) is 0 Å². The Hall–Kier alpha value is -1.30. The van der Waals surface area contributed by atoms with Crippen LogP contribution in [-0.4, -0.2) is 0 Å². The highest BCUT2D eigenvalue weighted by Crippen LogP contribution is 2.21. The highest BCUT2D eigenvalue weighted by molar-refractivity contribution is 5.24. The zero-order chi connectivity index (χ0) is 15.0. The van der Waals surface area contributed by atoms with Crippen molar-refractivity contribution in [1.29, 1.82) is 0 Å². The van der Waals surface area contributed by atoms with Gasteiger partial charge in [-0.05, 0) is 64.9 Å². The molecule has 0 nitrogen and oxygen atoms in total. The first-order valence-electron chi connectivity index (χ1n) is 7.84. The molecule has 0 heterocycles. The normalized spacial score (nSPS) is 13.2. The number of aryl methyl sites for hydroxylation is 1. The van der Waals surface area contributed by atoms with E-state index in [4.69, 9.17) is 0 Å². The van der Waals surface area contributed by atoms with Crippen LogP contribution in [-0.2, 0) is 0 Å². The summed E-state index contributed by atoms with van der Waals surface area (Å²) in [6.07, 6.45) is 9.55. The maximum Gasteiger partial charge on any atom is -0.0187 e. The molecule has 0 aromatic heterocycles. The van der Waals surface area contributed by atoms with Crippen LogP contribution in [0.3, 0.4) is 0 Å². The minimum absolute atomic E-state index is 0.650. The Labute approximate surface area is 125 Å². The molecular formula is C20H30. The fraction of sp³-hybridized carbons (Fsp3) is 0.500. The maximum atomic E-state index is 2.42. The smallest absolute Gasteiger partial charge is 0.0187 e. The Morgan fingerprint density at radius 3 is 2.25 bits per heavy atom. The van der Waals surface area contributed by atoms with E-state index in [0.717, 1.165) is 0 Å². The first kappa shape index (κ1) is 16.8. The Balaban J connectivity index is 2.35. The van der Waals surface area contributed by atoms with Crippen molar-refractivity contribution >= 4 is 0 Å². The molecule has 0 amide bonds. The lowest BCUT2D eigenvalue weighted by atomic mass is 9.95. The summed E-state index contributed by atoms with van der Waals surface area (Å²) in [4.78, 5) is 0. The molecule has 1 aromatic carbocycles. The first-order chi connectivity index (χ1) is 9.49. The summed E-state index contributed by atoms with van der Waals surface area (Å²) in [6.45, 7) is 11.1. The number of benzene rings is 1. The minimum atomic E-state index is 0.650. The van der Waals surface area contributed by atoms with Crippen molar-refractivity contribution in [3.63, 3.8) is 0 Å². The second kappa shape index (κ2) is 8.79. The van der Waals surface area contributed by atoms with E-state index >= 15 is 0 Å². The SMILES string of the molecule is CC(C)=CCCC(C)=CCC[C@@H](C)c1ccc(C)cc1. The lowest BCUT2D eigenvalue weighted by molar-refractivity contribution is 0.687. The van der Waals surface area contributed by atoms with Gasteiger partial charge in [0.25, 0.3) is 0 Å². The molecule has 110 valence electrons. The Morgan fingerprint density at radius 1 is 1.00 bits per heavy atom. The van der Waals surface area contributed by atoms with Gasteiger partial charge < -0.3 is 0 Å². The van der Waals surface area contributed by atoms with Crippen LogP contribution in [0.2, 0.25) is 0 Å². The van der Waals surface area contributed by atoms with Gasteiger partial charge in [0.15, 0.2) is 0 Å². The quantitative estimate of drug-likeness (QED) is 0.491. The number of allylic oxidation sites excluding steroid dienone is 4. The van der Waals surface area contributed by atoms with Gasteiger partial charge in [0, 0.05) is 0 Å². The summed E-state index contributed by atoms with van der Waals surface area (Å²) in [5, 5.41) is 0. The van der Waals surface area contributed by atoms with Crippen molar-refractivity contribution in [3.8, 4) is 0 Å². The summed E-state index contributed by atoms with van der Waals surface area (Å²) >= 11 is 0. The second-order valence-electron chi connectivity index (χ2n) is 6.26. The summed E-state index contributed by atoms with van der Waals surface area (Å²) in [5.41, 5.74) is 5.76. The van der Waals surface area contributed by atoms with Gasteiger partial charge in [-0.1, -0.05) is 60.1 Å². The molecule has 0 radical (unpaired) electrons. The summed E-state index contributed by atoms with van der Waals surface area (Å²) < 4.78 is 0. The van der Waals surface area contributed by atoms with Crippen molar-refractivity contribution in [1.82, 2.24) is 0 Å². The monoisotopic (exact) mass is 270 g/mol. The van der Waals surface area contributed by atoms with Gasteiger partial charge in [0.05, 0.1) is 0 Å². The zero-order valence-electron chi connectivity index (χ0n) is 13.9. The van der Waals surface area contributed by atoms with Crippen LogP contribution >= 0.6 is 0 Å². The molecule has 0 saturated carbocycles. The van der Waals surface area contributed by atoms with Crippen molar-refractivity contribution in [3.05, 3.63) is 58.7 Å². The van der Waals surface area contributed by atoms with E-state index in [2.05, 4.69) is 71.0 Å². The highest BCUT2D eigenvalue weighted by Gasteiger charge is 2.03. The van der Waals surface area contributed by atoms with E-state index < -0.39 is 0 Å². The fourth-order valence-corrected chi connectivity index (χ4v) is 2.33. The molecular weight excluding hydrogens is 240 g/mol. The third-order valence-electron chi connectivity index (χ3n) is 3.83. The molecule has 0 unspecified atom stereocenters. The van der Waals surface area contributed by atoms with E-state index in [-0.39, 0.29) is 0 Å². The van der Waals surface area contributed by atoms with Crippen molar-refractivity contribution in [2.24, 2.45) is 0 Å². The van der Waals surface area contributed by atoms with Crippen LogP contribution in [0.25, 0.3) is 0 Å². The molecule has 0 bridgehead atoms. The van der Waals surface area contributed by atoms with Gasteiger partial charge in [-0.2, -0.15) is 0 Å². The van der Waals surface area contributed by atoms with Gasteiger partial charge in [0.2, 0.25) is 0 Å². The molecule has 1 aromatic rings. The van der Waals surface area contributed by atoms with Crippen LogP contribution in [0, 0.1) is 6.92 Å². The van der Waals surface area contributed by atoms with Crippen molar-refractivity contribution in [2.75, 3.05) is 0 Å². The van der Waals surface area contributed by atoms with Crippen LogP contribution in [0.1, 0.15) is 70.4 Å². The Kier molecular flexibility index (Phi) is 7.36. The van der Waals surface area contributed by atoms with Crippen LogP contribution < -0.4 is 0 Å². The maximum absolute atomic E-state index is 2.42. The van der Waals surface area contributed by atoms with Crippen LogP contribution in [0.4, 0.5) is 0 Å². The molecule has 1 rings (SSSR count). The molecule has 0 fully saturated rings. The molecule has 0 N–H and O–H groups in total. The summed E-state index contributed by atoms with van der Waals surface area (Å²) in [5.74, 6) is 0.650. The summed E-state index contributed by atoms with van der Waals surface area (Å²) in [6, 6.07) is 8.97. The van der Waals surface area contributed by atoms with E-state index in [1.807, 2.05) is 0 Å². The zero-order valence-corrected chi connectivity index (χ0v) is 13.9. The van der Waals surface area contributed by atoms with Gasteiger partial charge in [-0.15, -0.1) is 0 Å². The predicted octanol–water partition coefficient (Wildman–Crippen LogP) is 6.57. The predicted molar refractivity (Wildman–Crippen MR) is 91.3 cm³/mol.